The van der Waals surface area contributed by atoms with Gasteiger partial charge in [0.15, 0.2) is 0 Å². The van der Waals surface area contributed by atoms with Crippen LogP contribution in [0.4, 0.5) is 0 Å². The van der Waals surface area contributed by atoms with Crippen LogP contribution in [0, 0.1) is 22.2 Å². The van der Waals surface area contributed by atoms with Crippen molar-refractivity contribution < 1.29 is 0 Å². The van der Waals surface area contributed by atoms with Crippen molar-refractivity contribution in [1.29, 1.82) is 0 Å². The molecule has 0 bridgehead atoms. The van der Waals surface area contributed by atoms with E-state index in [0.29, 0.717) is 10.8 Å². The van der Waals surface area contributed by atoms with Gasteiger partial charge in [0, 0.05) is 4.43 Å². The molecule has 0 heterocycles. The Bertz CT molecular complexity index is 307. The predicted octanol–water partition coefficient (Wildman–Crippen LogP) is 6.61. The van der Waals surface area contributed by atoms with Crippen molar-refractivity contribution in [2.45, 2.75) is 85.5 Å². The molecule has 4 atom stereocenters. The molecule has 0 saturated heterocycles. The molecule has 0 amide bonds. The first-order valence-corrected chi connectivity index (χ1v) is 10.1. The minimum Gasteiger partial charge on any atom is -0.0857 e. The van der Waals surface area contributed by atoms with Crippen molar-refractivity contribution in [3.05, 3.63) is 0 Å². The third-order valence-electron chi connectivity index (χ3n) is 6.99. The summed E-state index contributed by atoms with van der Waals surface area (Å²) in [7, 11) is 0. The lowest BCUT2D eigenvalue weighted by Crippen LogP contribution is -2.16. The van der Waals surface area contributed by atoms with Gasteiger partial charge < -0.3 is 0 Å². The minimum atomic E-state index is 0.671. The van der Waals surface area contributed by atoms with Crippen LogP contribution in [0.15, 0.2) is 0 Å². The van der Waals surface area contributed by atoms with Gasteiger partial charge in [-0.05, 0) is 54.3 Å². The zero-order valence-electron chi connectivity index (χ0n) is 13.5. The van der Waals surface area contributed by atoms with Gasteiger partial charge >= 0.3 is 0 Å². The zero-order chi connectivity index (χ0) is 14.1. The summed E-state index contributed by atoms with van der Waals surface area (Å²) in [6, 6.07) is 0. The highest BCUT2D eigenvalue weighted by Crippen LogP contribution is 2.80. The van der Waals surface area contributed by atoms with E-state index in [0.717, 1.165) is 11.3 Å². The molecule has 19 heavy (non-hydrogen) atoms. The van der Waals surface area contributed by atoms with Crippen molar-refractivity contribution in [2.75, 3.05) is 4.43 Å². The van der Waals surface area contributed by atoms with Crippen LogP contribution in [0.25, 0.3) is 0 Å². The first-order valence-electron chi connectivity index (χ1n) is 8.56. The van der Waals surface area contributed by atoms with E-state index in [4.69, 9.17) is 0 Å². The highest BCUT2D eigenvalue weighted by Gasteiger charge is 2.74. The average molecular weight is 376 g/mol. The molecular formula is C18H33I. The molecule has 0 N–H and O–H groups in total. The van der Waals surface area contributed by atoms with Gasteiger partial charge in [-0.1, -0.05) is 76.0 Å². The lowest BCUT2D eigenvalue weighted by atomic mass is 9.80. The standard InChI is InChI=1S/C18H33I/c1-5-7-8-9-10-16(4)11-12-18(13-16)15(3)17(18,6-2)14-19/h15H,5-14H2,1-4H3/t15?,16-,17+,18?/m0/s1. The third-order valence-corrected chi connectivity index (χ3v) is 8.35. The Morgan fingerprint density at radius 1 is 1.11 bits per heavy atom. The summed E-state index contributed by atoms with van der Waals surface area (Å²) in [5.74, 6) is 0.986. The topological polar surface area (TPSA) is 0 Å². The van der Waals surface area contributed by atoms with E-state index >= 15 is 0 Å². The Kier molecular flexibility index (Phi) is 4.96. The summed E-state index contributed by atoms with van der Waals surface area (Å²) < 4.78 is 1.38. The highest BCUT2D eigenvalue weighted by atomic mass is 127. The van der Waals surface area contributed by atoms with Gasteiger partial charge in [-0.15, -0.1) is 0 Å². The fourth-order valence-electron chi connectivity index (χ4n) is 5.44. The molecule has 0 aliphatic heterocycles. The lowest BCUT2D eigenvalue weighted by molar-refractivity contribution is 0.257. The van der Waals surface area contributed by atoms with Crippen molar-refractivity contribution >= 4 is 22.6 Å². The largest absolute Gasteiger partial charge is 0.0857 e. The fraction of sp³-hybridized carbons (Fsp3) is 1.00. The van der Waals surface area contributed by atoms with Crippen molar-refractivity contribution in [2.24, 2.45) is 22.2 Å². The molecule has 2 aliphatic rings. The number of hydrogen-bond donors (Lipinski definition) is 0. The average Bonchev–Trinajstić information content (AvgIpc) is 2.70. The molecule has 0 nitrogen and oxygen atoms in total. The van der Waals surface area contributed by atoms with Crippen LogP contribution in [0.2, 0.25) is 0 Å². The van der Waals surface area contributed by atoms with Crippen LogP contribution in [0.5, 0.6) is 0 Å². The molecule has 0 aromatic rings. The van der Waals surface area contributed by atoms with E-state index in [1.165, 1.54) is 62.2 Å². The molecule has 2 saturated carbocycles. The van der Waals surface area contributed by atoms with E-state index in [1.807, 2.05) is 0 Å². The molecule has 112 valence electrons. The van der Waals surface area contributed by atoms with E-state index < -0.39 is 0 Å². The molecular weight excluding hydrogens is 343 g/mol. The van der Waals surface area contributed by atoms with Crippen molar-refractivity contribution in [1.82, 2.24) is 0 Å². The summed E-state index contributed by atoms with van der Waals surface area (Å²) in [5.41, 5.74) is 2.11. The van der Waals surface area contributed by atoms with E-state index in [2.05, 4.69) is 50.3 Å². The molecule has 2 rings (SSSR count). The van der Waals surface area contributed by atoms with Crippen LogP contribution in [0.3, 0.4) is 0 Å². The summed E-state index contributed by atoms with van der Waals surface area (Å²) >= 11 is 2.66. The van der Waals surface area contributed by atoms with Gasteiger partial charge in [0.25, 0.3) is 0 Å². The Morgan fingerprint density at radius 2 is 1.84 bits per heavy atom. The minimum absolute atomic E-state index is 0.671. The fourth-order valence-corrected chi connectivity index (χ4v) is 7.40. The second kappa shape index (κ2) is 5.85. The Morgan fingerprint density at radius 3 is 2.37 bits per heavy atom. The molecule has 0 aromatic heterocycles. The maximum absolute atomic E-state index is 2.66. The summed E-state index contributed by atoms with van der Waals surface area (Å²) in [4.78, 5) is 0. The van der Waals surface area contributed by atoms with Gasteiger partial charge in [0.1, 0.15) is 0 Å². The van der Waals surface area contributed by atoms with Crippen molar-refractivity contribution in [3.8, 4) is 0 Å². The molecule has 2 unspecified atom stereocenters. The van der Waals surface area contributed by atoms with Gasteiger partial charge in [0.2, 0.25) is 0 Å². The zero-order valence-corrected chi connectivity index (χ0v) is 15.7. The third kappa shape index (κ3) is 2.51. The lowest BCUT2D eigenvalue weighted by Gasteiger charge is -2.26. The number of rotatable bonds is 7. The predicted molar refractivity (Wildman–Crippen MR) is 93.9 cm³/mol. The molecule has 2 aliphatic carbocycles. The van der Waals surface area contributed by atoms with Crippen LogP contribution in [0.1, 0.15) is 85.5 Å². The van der Waals surface area contributed by atoms with Gasteiger partial charge in [-0.2, -0.15) is 0 Å². The summed E-state index contributed by atoms with van der Waals surface area (Å²) in [6.07, 6.45) is 13.2. The monoisotopic (exact) mass is 376 g/mol. The second-order valence-corrected chi connectivity index (χ2v) is 8.58. The highest BCUT2D eigenvalue weighted by molar-refractivity contribution is 14.1. The first kappa shape index (κ1) is 16.1. The van der Waals surface area contributed by atoms with Gasteiger partial charge in [-0.3, -0.25) is 0 Å². The Labute approximate surface area is 134 Å². The quantitative estimate of drug-likeness (QED) is 0.266. The van der Waals surface area contributed by atoms with E-state index in [-0.39, 0.29) is 0 Å². The Balaban J connectivity index is 1.93. The van der Waals surface area contributed by atoms with Gasteiger partial charge in [-0.25, -0.2) is 0 Å². The molecule has 0 aromatic carbocycles. The van der Waals surface area contributed by atoms with Gasteiger partial charge in [0.05, 0.1) is 0 Å². The molecule has 0 radical (unpaired) electrons. The summed E-state index contributed by atoms with van der Waals surface area (Å²) in [5, 5.41) is 0. The number of alkyl halides is 1. The second-order valence-electron chi connectivity index (χ2n) is 7.82. The number of hydrogen-bond acceptors (Lipinski definition) is 0. The van der Waals surface area contributed by atoms with Crippen molar-refractivity contribution in [3.63, 3.8) is 0 Å². The molecule has 2 fully saturated rings. The summed E-state index contributed by atoms with van der Waals surface area (Å²) in [6.45, 7) is 9.88. The van der Waals surface area contributed by atoms with E-state index in [9.17, 15) is 0 Å². The maximum Gasteiger partial charge on any atom is 0.00600 e. The van der Waals surface area contributed by atoms with Crippen LogP contribution >= 0.6 is 22.6 Å². The number of halogens is 1. The Hall–Kier alpha value is 0.730. The van der Waals surface area contributed by atoms with Crippen LogP contribution < -0.4 is 0 Å². The smallest absolute Gasteiger partial charge is 0.00600 e. The SMILES string of the molecule is CCCCCC[C@@]1(C)CCC2(C1)C(C)[C@@]2(CC)CI. The normalized spacial score (nSPS) is 45.0. The first-order chi connectivity index (χ1) is 9.00. The van der Waals surface area contributed by atoms with Crippen LogP contribution in [-0.2, 0) is 0 Å². The molecule has 1 spiro atoms. The number of unbranched alkanes of at least 4 members (excludes halogenated alkanes) is 3. The van der Waals surface area contributed by atoms with E-state index in [1.54, 1.807) is 0 Å². The van der Waals surface area contributed by atoms with Crippen LogP contribution in [-0.4, -0.2) is 4.43 Å². The maximum atomic E-state index is 2.66. The molecule has 1 heteroatoms.